The molecule has 0 saturated carbocycles. The van der Waals surface area contributed by atoms with E-state index >= 15 is 0 Å². The number of nitrogens with zero attached hydrogens (tertiary/aromatic N) is 2. The van der Waals surface area contributed by atoms with E-state index in [0.717, 1.165) is 19.1 Å². The van der Waals surface area contributed by atoms with Gasteiger partial charge in [-0.25, -0.2) is 15.2 Å². The first-order chi connectivity index (χ1) is 6.93. The zero-order valence-electron chi connectivity index (χ0n) is 7.81. The van der Waals surface area contributed by atoms with Crippen LogP contribution in [0.25, 0.3) is 0 Å². The third-order valence-corrected chi connectivity index (χ3v) is 1.73. The van der Waals surface area contributed by atoms with Crippen LogP contribution in [0.5, 0.6) is 0 Å². The number of anilines is 1. The first-order valence-corrected chi connectivity index (χ1v) is 3.93. The molecule has 1 aromatic carbocycles. The van der Waals surface area contributed by atoms with Gasteiger partial charge in [-0.15, -0.1) is 0 Å². The van der Waals surface area contributed by atoms with E-state index < -0.39 is 22.3 Å². The summed E-state index contributed by atoms with van der Waals surface area (Å²) in [6, 6.07) is 2.78. The number of benzene rings is 1. The maximum absolute atomic E-state index is 12.7. The summed E-state index contributed by atoms with van der Waals surface area (Å²) in [5.74, 6) is 3.94. The Hall–Kier alpha value is -2.02. The Labute approximate surface area is 84.2 Å². The fourth-order valence-electron chi connectivity index (χ4n) is 1.02. The van der Waals surface area contributed by atoms with Gasteiger partial charge in [0.25, 0.3) is 5.69 Å². The maximum Gasteiger partial charge on any atom is 0.297 e. The predicted molar refractivity (Wildman–Crippen MR) is 50.4 cm³/mol. The van der Waals surface area contributed by atoms with Crippen LogP contribution in [0.2, 0.25) is 0 Å². The molecule has 0 spiro atoms. The molecule has 0 aliphatic heterocycles. The molecule has 0 bridgehead atoms. The van der Waals surface area contributed by atoms with Gasteiger partial charge in [0, 0.05) is 6.92 Å². The Morgan fingerprint density at radius 3 is 2.67 bits per heavy atom. The molecule has 0 heterocycles. The average Bonchev–Trinajstić information content (AvgIpc) is 2.16. The third kappa shape index (κ3) is 2.26. The first-order valence-electron chi connectivity index (χ1n) is 3.93. The molecule has 1 amide bonds. The van der Waals surface area contributed by atoms with E-state index in [0.29, 0.717) is 11.1 Å². The highest BCUT2D eigenvalue weighted by molar-refractivity contribution is 5.92. The summed E-state index contributed by atoms with van der Waals surface area (Å²) in [5.41, 5.74) is -0.693. The van der Waals surface area contributed by atoms with Crippen LogP contribution in [0.3, 0.4) is 0 Å². The summed E-state index contributed by atoms with van der Waals surface area (Å²) in [6.45, 7) is 1.15. The first kappa shape index (κ1) is 11.1. The summed E-state index contributed by atoms with van der Waals surface area (Å²) in [4.78, 5) is 20.6. The van der Waals surface area contributed by atoms with Gasteiger partial charge in [0.15, 0.2) is 0 Å². The number of carbonyl (C=O) groups is 1. The number of hydrogen-bond donors (Lipinski definition) is 1. The van der Waals surface area contributed by atoms with E-state index in [4.69, 9.17) is 5.84 Å². The zero-order chi connectivity index (χ0) is 11.6. The molecule has 0 radical (unpaired) electrons. The van der Waals surface area contributed by atoms with Crippen molar-refractivity contribution in [1.29, 1.82) is 0 Å². The van der Waals surface area contributed by atoms with Gasteiger partial charge in [0.1, 0.15) is 11.5 Å². The lowest BCUT2D eigenvalue weighted by Gasteiger charge is -2.13. The minimum Gasteiger partial charge on any atom is -0.273 e. The van der Waals surface area contributed by atoms with Gasteiger partial charge in [-0.3, -0.25) is 14.9 Å². The van der Waals surface area contributed by atoms with Crippen LogP contribution in [0.4, 0.5) is 15.8 Å². The Bertz CT molecular complexity index is 422. The highest BCUT2D eigenvalue weighted by Gasteiger charge is 2.20. The number of carbonyl (C=O) groups excluding carboxylic acids is 1. The van der Waals surface area contributed by atoms with Gasteiger partial charge >= 0.3 is 0 Å². The second kappa shape index (κ2) is 4.01. The van der Waals surface area contributed by atoms with Crippen LogP contribution in [-0.2, 0) is 4.79 Å². The Kier molecular flexibility index (Phi) is 2.96. The van der Waals surface area contributed by atoms with Crippen LogP contribution >= 0.6 is 0 Å². The maximum atomic E-state index is 12.7. The standard InChI is InChI=1S/C8H8FN3O3/c1-5(13)11(10)7-3-2-6(9)4-8(7)12(14)15/h2-4H,10H2,1H3. The fraction of sp³-hybridized carbons (Fsp3) is 0.125. The van der Waals surface area contributed by atoms with Gasteiger partial charge in [-0.2, -0.15) is 0 Å². The molecule has 0 fully saturated rings. The Balaban J connectivity index is 3.28. The SMILES string of the molecule is CC(=O)N(N)c1ccc(F)cc1[N+](=O)[O-]. The van der Waals surface area contributed by atoms with E-state index in [1.807, 2.05) is 0 Å². The second-order valence-electron chi connectivity index (χ2n) is 2.78. The largest absolute Gasteiger partial charge is 0.297 e. The molecule has 80 valence electrons. The second-order valence-corrected chi connectivity index (χ2v) is 2.78. The number of nitrogens with two attached hydrogens (primary N) is 1. The molecule has 0 atom stereocenters. The van der Waals surface area contributed by atoms with Crippen LogP contribution < -0.4 is 10.9 Å². The number of nitro groups is 1. The lowest BCUT2D eigenvalue weighted by Crippen LogP contribution is -2.35. The molecule has 0 aliphatic rings. The Morgan fingerprint density at radius 1 is 1.60 bits per heavy atom. The smallest absolute Gasteiger partial charge is 0.273 e. The highest BCUT2D eigenvalue weighted by Crippen LogP contribution is 2.27. The molecule has 7 heteroatoms. The molecule has 2 N–H and O–H groups in total. The van der Waals surface area contributed by atoms with Gasteiger partial charge in [-0.05, 0) is 12.1 Å². The summed E-state index contributed by atoms with van der Waals surface area (Å²) in [7, 11) is 0. The molecular weight excluding hydrogens is 205 g/mol. The molecular formula is C8H8FN3O3. The number of nitro benzene ring substituents is 1. The van der Waals surface area contributed by atoms with Gasteiger partial charge in [0.05, 0.1) is 11.0 Å². The number of amides is 1. The van der Waals surface area contributed by atoms with Crippen molar-refractivity contribution in [3.8, 4) is 0 Å². The monoisotopic (exact) mass is 213 g/mol. The van der Waals surface area contributed by atoms with E-state index in [2.05, 4.69) is 0 Å². The molecule has 0 aromatic heterocycles. The van der Waals surface area contributed by atoms with E-state index in [1.54, 1.807) is 0 Å². The van der Waals surface area contributed by atoms with Crippen molar-refractivity contribution in [2.24, 2.45) is 5.84 Å². The Morgan fingerprint density at radius 2 is 2.20 bits per heavy atom. The average molecular weight is 213 g/mol. The zero-order valence-corrected chi connectivity index (χ0v) is 7.81. The quantitative estimate of drug-likeness (QED) is 0.343. The molecule has 1 rings (SSSR count). The molecule has 6 nitrogen and oxygen atoms in total. The highest BCUT2D eigenvalue weighted by atomic mass is 19.1. The number of rotatable bonds is 2. The number of hydrogen-bond acceptors (Lipinski definition) is 4. The summed E-state index contributed by atoms with van der Waals surface area (Å²) in [6.07, 6.45) is 0. The predicted octanol–water partition coefficient (Wildman–Crippen LogP) is 0.961. The van der Waals surface area contributed by atoms with Crippen molar-refractivity contribution >= 4 is 17.3 Å². The van der Waals surface area contributed by atoms with Gasteiger partial charge in [0.2, 0.25) is 5.91 Å². The lowest BCUT2D eigenvalue weighted by atomic mass is 10.2. The van der Waals surface area contributed by atoms with Crippen molar-refractivity contribution in [1.82, 2.24) is 0 Å². The third-order valence-electron chi connectivity index (χ3n) is 1.73. The van der Waals surface area contributed by atoms with Crippen LogP contribution in [0.15, 0.2) is 18.2 Å². The molecule has 0 saturated heterocycles. The minimum absolute atomic E-state index is 0.145. The topological polar surface area (TPSA) is 89.5 Å². The normalized spacial score (nSPS) is 9.80. The molecule has 1 aromatic rings. The van der Waals surface area contributed by atoms with Crippen molar-refractivity contribution in [3.05, 3.63) is 34.1 Å². The summed E-state index contributed by atoms with van der Waals surface area (Å²) < 4.78 is 12.7. The number of hydrazine groups is 1. The molecule has 0 aliphatic carbocycles. The van der Waals surface area contributed by atoms with Crippen LogP contribution in [0.1, 0.15) is 6.92 Å². The van der Waals surface area contributed by atoms with E-state index in [1.165, 1.54) is 0 Å². The van der Waals surface area contributed by atoms with E-state index in [9.17, 15) is 19.3 Å². The molecule has 0 unspecified atom stereocenters. The number of halogens is 1. The van der Waals surface area contributed by atoms with Crippen molar-refractivity contribution in [3.63, 3.8) is 0 Å². The summed E-state index contributed by atoms with van der Waals surface area (Å²) in [5, 5.41) is 11.1. The minimum atomic E-state index is -0.804. The van der Waals surface area contributed by atoms with Crippen LogP contribution in [0, 0.1) is 15.9 Å². The van der Waals surface area contributed by atoms with Crippen molar-refractivity contribution in [2.45, 2.75) is 6.92 Å². The van der Waals surface area contributed by atoms with Crippen LogP contribution in [-0.4, -0.2) is 10.8 Å². The van der Waals surface area contributed by atoms with Crippen molar-refractivity contribution < 1.29 is 14.1 Å². The fourth-order valence-corrected chi connectivity index (χ4v) is 1.02. The lowest BCUT2D eigenvalue weighted by molar-refractivity contribution is -0.384. The summed E-state index contributed by atoms with van der Waals surface area (Å²) >= 11 is 0. The molecule has 15 heavy (non-hydrogen) atoms. The van der Waals surface area contributed by atoms with Gasteiger partial charge < -0.3 is 0 Å². The van der Waals surface area contributed by atoms with E-state index in [-0.39, 0.29) is 5.69 Å². The van der Waals surface area contributed by atoms with Gasteiger partial charge in [-0.1, -0.05) is 0 Å². The van der Waals surface area contributed by atoms with Crippen molar-refractivity contribution in [2.75, 3.05) is 5.01 Å².